The predicted molar refractivity (Wildman–Crippen MR) is 73.1 cm³/mol. The average molecular weight is 283 g/mol. The number of aliphatic imine (C=N–C) groups is 1. The van der Waals surface area contributed by atoms with E-state index in [9.17, 15) is 13.5 Å². The van der Waals surface area contributed by atoms with Gasteiger partial charge in [-0.3, -0.25) is 9.98 Å². The molecule has 0 bridgehead atoms. The highest BCUT2D eigenvalue weighted by atomic mass is 32.2. The summed E-state index contributed by atoms with van der Waals surface area (Å²) in [5, 5.41) is 12.6. The van der Waals surface area contributed by atoms with E-state index in [1.807, 2.05) is 12.1 Å². The van der Waals surface area contributed by atoms with Crippen molar-refractivity contribution >= 4 is 16.1 Å². The molecule has 19 heavy (non-hydrogen) atoms. The van der Waals surface area contributed by atoms with E-state index in [-0.39, 0.29) is 17.5 Å². The molecule has 1 aromatic heterocycles. The topological polar surface area (TPSA) is 91.7 Å². The van der Waals surface area contributed by atoms with Crippen molar-refractivity contribution in [3.05, 3.63) is 30.1 Å². The van der Waals surface area contributed by atoms with Crippen LogP contribution >= 0.6 is 0 Å². The normalized spacial score (nSPS) is 25.9. The van der Waals surface area contributed by atoms with Crippen LogP contribution in [-0.2, 0) is 9.84 Å². The lowest BCUT2D eigenvalue weighted by atomic mass is 10.2. The molecular formula is C12H17N3O3S. The van der Waals surface area contributed by atoms with Gasteiger partial charge in [0.2, 0.25) is 0 Å². The van der Waals surface area contributed by atoms with Crippen LogP contribution in [0.3, 0.4) is 0 Å². The highest BCUT2D eigenvalue weighted by molar-refractivity contribution is 7.91. The van der Waals surface area contributed by atoms with Gasteiger partial charge in [0.15, 0.2) is 9.84 Å². The van der Waals surface area contributed by atoms with Crippen LogP contribution in [0.15, 0.2) is 29.5 Å². The SMILES string of the molecule is O=S1(=O)C[C@H](O)[C@H](NCCN=Cc2ccncc2)C1. The first kappa shape index (κ1) is 14.1. The molecule has 0 spiro atoms. The number of aliphatic hydroxyl groups is 1. The Kier molecular flexibility index (Phi) is 4.62. The Morgan fingerprint density at radius 1 is 1.42 bits per heavy atom. The largest absolute Gasteiger partial charge is 0.390 e. The van der Waals surface area contributed by atoms with Crippen LogP contribution < -0.4 is 5.32 Å². The van der Waals surface area contributed by atoms with Crippen molar-refractivity contribution in [3.63, 3.8) is 0 Å². The second-order valence-corrected chi connectivity index (χ2v) is 6.67. The molecule has 1 saturated heterocycles. The van der Waals surface area contributed by atoms with E-state index in [1.54, 1.807) is 18.6 Å². The summed E-state index contributed by atoms with van der Waals surface area (Å²) in [5.41, 5.74) is 0.971. The molecule has 0 unspecified atom stereocenters. The molecule has 7 heteroatoms. The maximum Gasteiger partial charge on any atom is 0.154 e. The molecular weight excluding hydrogens is 266 g/mol. The van der Waals surface area contributed by atoms with Gasteiger partial charge in [0.05, 0.1) is 24.2 Å². The lowest BCUT2D eigenvalue weighted by Crippen LogP contribution is -2.40. The van der Waals surface area contributed by atoms with Gasteiger partial charge in [0.1, 0.15) is 0 Å². The van der Waals surface area contributed by atoms with E-state index in [1.165, 1.54) is 0 Å². The fraction of sp³-hybridized carbons (Fsp3) is 0.500. The second kappa shape index (κ2) is 6.23. The Morgan fingerprint density at radius 3 is 2.79 bits per heavy atom. The monoisotopic (exact) mass is 283 g/mol. The van der Waals surface area contributed by atoms with Crippen LogP contribution in [0.1, 0.15) is 5.56 Å². The minimum Gasteiger partial charge on any atom is -0.390 e. The van der Waals surface area contributed by atoms with Gasteiger partial charge in [-0.15, -0.1) is 0 Å². The molecule has 0 saturated carbocycles. The number of hydrogen-bond acceptors (Lipinski definition) is 6. The Bertz CT molecular complexity index is 530. The van der Waals surface area contributed by atoms with Crippen LogP contribution in [0.5, 0.6) is 0 Å². The molecule has 6 nitrogen and oxygen atoms in total. The van der Waals surface area contributed by atoms with Gasteiger partial charge in [-0.05, 0) is 17.7 Å². The minimum absolute atomic E-state index is 0.00222. The molecule has 104 valence electrons. The lowest BCUT2D eigenvalue weighted by Gasteiger charge is -2.13. The Labute approximate surface area is 112 Å². The molecule has 1 fully saturated rings. The first-order chi connectivity index (χ1) is 9.07. The number of aromatic nitrogens is 1. The Morgan fingerprint density at radius 2 is 2.16 bits per heavy atom. The van der Waals surface area contributed by atoms with E-state index in [0.717, 1.165) is 5.56 Å². The fourth-order valence-corrected chi connectivity index (χ4v) is 3.73. The van der Waals surface area contributed by atoms with Gasteiger partial charge in [0, 0.05) is 31.2 Å². The number of nitrogens with one attached hydrogen (secondary N) is 1. The van der Waals surface area contributed by atoms with Crippen molar-refractivity contribution in [2.45, 2.75) is 12.1 Å². The smallest absolute Gasteiger partial charge is 0.154 e. The number of sulfone groups is 1. The third kappa shape index (κ3) is 4.38. The van der Waals surface area contributed by atoms with Gasteiger partial charge >= 0.3 is 0 Å². The van der Waals surface area contributed by atoms with E-state index in [4.69, 9.17) is 0 Å². The first-order valence-electron chi connectivity index (χ1n) is 6.08. The van der Waals surface area contributed by atoms with Crippen LogP contribution in [0, 0.1) is 0 Å². The summed E-state index contributed by atoms with van der Waals surface area (Å²) in [6, 6.07) is 3.33. The molecule has 0 aliphatic carbocycles. The van der Waals surface area contributed by atoms with Crippen LogP contribution in [0.2, 0.25) is 0 Å². The van der Waals surface area contributed by atoms with E-state index in [2.05, 4.69) is 15.3 Å². The zero-order chi connectivity index (χ0) is 13.7. The lowest BCUT2D eigenvalue weighted by molar-refractivity contribution is 0.167. The number of hydrogen-bond donors (Lipinski definition) is 2. The molecule has 1 aliphatic heterocycles. The number of rotatable bonds is 5. The summed E-state index contributed by atoms with van der Waals surface area (Å²) in [6.45, 7) is 1.07. The van der Waals surface area contributed by atoms with Gasteiger partial charge in [-0.1, -0.05) is 0 Å². The van der Waals surface area contributed by atoms with Gasteiger partial charge in [-0.25, -0.2) is 8.42 Å². The van der Waals surface area contributed by atoms with Gasteiger partial charge < -0.3 is 10.4 Å². The van der Waals surface area contributed by atoms with Crippen LogP contribution in [-0.4, -0.2) is 61.5 Å². The number of aliphatic hydroxyl groups excluding tert-OH is 1. The summed E-state index contributed by atoms with van der Waals surface area (Å²) in [7, 11) is -3.09. The zero-order valence-electron chi connectivity index (χ0n) is 10.4. The molecule has 0 aromatic carbocycles. The fourth-order valence-electron chi connectivity index (χ4n) is 1.96. The van der Waals surface area contributed by atoms with Crippen molar-refractivity contribution in [1.29, 1.82) is 0 Å². The molecule has 2 rings (SSSR count). The Hall–Kier alpha value is -1.31. The Balaban J connectivity index is 1.72. The molecule has 1 aromatic rings. The summed E-state index contributed by atoms with van der Waals surface area (Å²) in [5.74, 6) is -0.146. The first-order valence-corrected chi connectivity index (χ1v) is 7.91. The summed E-state index contributed by atoms with van der Waals surface area (Å²) >= 11 is 0. The summed E-state index contributed by atoms with van der Waals surface area (Å²) in [6.07, 6.45) is 4.32. The molecule has 2 N–H and O–H groups in total. The number of pyridine rings is 1. The molecule has 1 aliphatic rings. The van der Waals surface area contributed by atoms with E-state index in [0.29, 0.717) is 13.1 Å². The zero-order valence-corrected chi connectivity index (χ0v) is 11.3. The van der Waals surface area contributed by atoms with Crippen molar-refractivity contribution in [3.8, 4) is 0 Å². The maximum absolute atomic E-state index is 11.3. The third-order valence-electron chi connectivity index (χ3n) is 2.92. The van der Waals surface area contributed by atoms with Crippen molar-refractivity contribution in [2.24, 2.45) is 4.99 Å². The standard InChI is InChI=1S/C12H17N3O3S/c16-12-9-19(17,18)8-11(12)15-6-5-14-7-10-1-3-13-4-2-10/h1-4,7,11-12,15-16H,5-6,8-9H2/t11-,12+/m1/s1. The van der Waals surface area contributed by atoms with Gasteiger partial charge in [-0.2, -0.15) is 0 Å². The summed E-state index contributed by atoms with van der Waals surface area (Å²) in [4.78, 5) is 8.12. The molecule has 0 radical (unpaired) electrons. The van der Waals surface area contributed by atoms with Crippen LogP contribution in [0.25, 0.3) is 0 Å². The highest BCUT2D eigenvalue weighted by Gasteiger charge is 2.35. The summed E-state index contributed by atoms with van der Waals surface area (Å²) < 4.78 is 22.6. The predicted octanol–water partition coefficient (Wildman–Crippen LogP) is -0.752. The molecule has 0 amide bonds. The third-order valence-corrected chi connectivity index (χ3v) is 4.63. The average Bonchev–Trinajstić information content (AvgIpc) is 2.63. The van der Waals surface area contributed by atoms with Crippen molar-refractivity contribution in [1.82, 2.24) is 10.3 Å². The van der Waals surface area contributed by atoms with Crippen LogP contribution in [0.4, 0.5) is 0 Å². The van der Waals surface area contributed by atoms with E-state index < -0.39 is 15.9 Å². The highest BCUT2D eigenvalue weighted by Crippen LogP contribution is 2.11. The number of nitrogens with zero attached hydrogens (tertiary/aromatic N) is 2. The molecule has 2 atom stereocenters. The van der Waals surface area contributed by atoms with Crippen molar-refractivity contribution < 1.29 is 13.5 Å². The van der Waals surface area contributed by atoms with E-state index >= 15 is 0 Å². The second-order valence-electron chi connectivity index (χ2n) is 4.52. The molecule has 2 heterocycles. The van der Waals surface area contributed by atoms with Crippen molar-refractivity contribution in [2.75, 3.05) is 24.6 Å². The minimum atomic E-state index is -3.09. The van der Waals surface area contributed by atoms with Gasteiger partial charge in [0.25, 0.3) is 0 Å². The quantitative estimate of drug-likeness (QED) is 0.548. The maximum atomic E-state index is 11.3.